The molecule has 0 spiro atoms. The van der Waals surface area contributed by atoms with Gasteiger partial charge in [0, 0.05) is 28.8 Å². The Kier molecular flexibility index (Phi) is 5.94. The number of hydrogen-bond acceptors (Lipinski definition) is 4. The Morgan fingerprint density at radius 1 is 1.14 bits per heavy atom. The smallest absolute Gasteiger partial charge is 0.276 e. The van der Waals surface area contributed by atoms with Gasteiger partial charge >= 0.3 is 0 Å². The summed E-state index contributed by atoms with van der Waals surface area (Å²) in [5, 5.41) is 8.51. The topological polar surface area (TPSA) is 51.0 Å². The number of rotatable bonds is 5. The molecule has 5 nitrogen and oxygen atoms in total. The molecule has 0 aliphatic carbocycles. The fourth-order valence-electron chi connectivity index (χ4n) is 3.42. The lowest BCUT2D eigenvalue weighted by Gasteiger charge is -2.31. The minimum absolute atomic E-state index is 0.108. The molecule has 1 aliphatic heterocycles. The first-order valence-corrected chi connectivity index (χ1v) is 10.6. The number of hydrogen-bond donors (Lipinski definition) is 0. The molecule has 1 aromatic heterocycles. The molecule has 0 bridgehead atoms. The molecule has 2 heterocycles. The molecule has 1 saturated heterocycles. The zero-order valence-corrected chi connectivity index (χ0v) is 17.1. The molecule has 1 fully saturated rings. The van der Waals surface area contributed by atoms with Crippen LogP contribution in [0, 0.1) is 12.7 Å². The number of aryl methyl sites for hydroxylation is 1. The van der Waals surface area contributed by atoms with Gasteiger partial charge in [-0.2, -0.15) is 0 Å². The molecule has 4 rings (SSSR count). The maximum atomic E-state index is 13.8. The van der Waals surface area contributed by atoms with E-state index in [1.807, 2.05) is 16.7 Å². The largest absolute Gasteiger partial charge is 0.337 e. The number of halogens is 1. The summed E-state index contributed by atoms with van der Waals surface area (Å²) < 4.78 is 15.3. The van der Waals surface area contributed by atoms with Gasteiger partial charge in [0.1, 0.15) is 5.82 Å². The van der Waals surface area contributed by atoms with Gasteiger partial charge in [0.05, 0.1) is 12.7 Å². The fourth-order valence-corrected chi connectivity index (χ4v) is 4.55. The van der Waals surface area contributed by atoms with Gasteiger partial charge in [-0.1, -0.05) is 41.1 Å². The van der Waals surface area contributed by atoms with Gasteiger partial charge in [0.25, 0.3) is 5.91 Å². The second-order valence-electron chi connectivity index (χ2n) is 7.32. The number of carbonyl (C=O) groups is 1. The molecule has 150 valence electrons. The van der Waals surface area contributed by atoms with Crippen LogP contribution in [-0.2, 0) is 6.54 Å². The lowest BCUT2D eigenvalue weighted by Crippen LogP contribution is -2.39. The molecule has 0 radical (unpaired) electrons. The van der Waals surface area contributed by atoms with Crippen molar-refractivity contribution in [2.45, 2.75) is 36.5 Å². The van der Waals surface area contributed by atoms with Crippen molar-refractivity contribution in [2.24, 2.45) is 0 Å². The summed E-state index contributed by atoms with van der Waals surface area (Å²) in [6.45, 7) is 3.76. The van der Waals surface area contributed by atoms with Crippen LogP contribution in [0.25, 0.3) is 0 Å². The fraction of sp³-hybridized carbons (Fsp3) is 0.318. The number of carbonyl (C=O) groups excluding carboxylic acids is 1. The van der Waals surface area contributed by atoms with E-state index in [0.717, 1.165) is 12.8 Å². The predicted molar refractivity (Wildman–Crippen MR) is 111 cm³/mol. The zero-order valence-electron chi connectivity index (χ0n) is 16.3. The molecular weight excluding hydrogens is 387 g/mol. The third-order valence-corrected chi connectivity index (χ3v) is 6.45. The highest BCUT2D eigenvalue weighted by Crippen LogP contribution is 2.30. The minimum atomic E-state index is -0.288. The van der Waals surface area contributed by atoms with Crippen LogP contribution in [0.5, 0.6) is 0 Å². The van der Waals surface area contributed by atoms with Crippen LogP contribution >= 0.6 is 11.8 Å². The summed E-state index contributed by atoms with van der Waals surface area (Å²) >= 11 is 1.88. The van der Waals surface area contributed by atoms with Crippen molar-refractivity contribution >= 4 is 17.7 Å². The first-order valence-electron chi connectivity index (χ1n) is 9.74. The van der Waals surface area contributed by atoms with E-state index in [0.29, 0.717) is 29.6 Å². The molecule has 2 aromatic carbocycles. The van der Waals surface area contributed by atoms with Crippen molar-refractivity contribution in [3.05, 3.63) is 77.4 Å². The van der Waals surface area contributed by atoms with E-state index in [-0.39, 0.29) is 18.3 Å². The number of nitrogens with zero attached hydrogens (tertiary/aromatic N) is 4. The Balaban J connectivity index is 1.32. The third kappa shape index (κ3) is 4.85. The van der Waals surface area contributed by atoms with E-state index in [2.05, 4.69) is 41.5 Å². The van der Waals surface area contributed by atoms with Gasteiger partial charge in [0.2, 0.25) is 0 Å². The lowest BCUT2D eigenvalue weighted by molar-refractivity contribution is 0.0721. The zero-order chi connectivity index (χ0) is 20.2. The molecule has 0 N–H and O–H groups in total. The van der Waals surface area contributed by atoms with Crippen LogP contribution in [0.15, 0.2) is 59.6 Å². The number of likely N-dealkylation sites (tertiary alicyclic amines) is 1. The van der Waals surface area contributed by atoms with E-state index < -0.39 is 0 Å². The summed E-state index contributed by atoms with van der Waals surface area (Å²) in [6.07, 6.45) is 3.50. The van der Waals surface area contributed by atoms with Gasteiger partial charge in [0.15, 0.2) is 5.69 Å². The second kappa shape index (κ2) is 8.78. The van der Waals surface area contributed by atoms with Crippen molar-refractivity contribution in [2.75, 3.05) is 13.1 Å². The Hall–Kier alpha value is -2.67. The monoisotopic (exact) mass is 410 g/mol. The van der Waals surface area contributed by atoms with Crippen LogP contribution in [0.4, 0.5) is 4.39 Å². The Morgan fingerprint density at radius 2 is 1.86 bits per heavy atom. The van der Waals surface area contributed by atoms with Crippen molar-refractivity contribution in [1.82, 2.24) is 19.9 Å². The molecule has 0 saturated carbocycles. The molecule has 29 heavy (non-hydrogen) atoms. The quantitative estimate of drug-likeness (QED) is 0.633. The van der Waals surface area contributed by atoms with Crippen molar-refractivity contribution in [3.8, 4) is 0 Å². The number of thioether (sulfide) groups is 1. The SMILES string of the molecule is Cc1ccc(SC2CCN(C(=O)c3cn(Cc4ccccc4F)nn3)CC2)cc1. The van der Waals surface area contributed by atoms with Gasteiger partial charge < -0.3 is 4.90 Å². The average Bonchev–Trinajstić information content (AvgIpc) is 3.20. The molecule has 0 unspecified atom stereocenters. The first-order chi connectivity index (χ1) is 14.1. The average molecular weight is 411 g/mol. The normalized spacial score (nSPS) is 14.9. The van der Waals surface area contributed by atoms with Gasteiger partial charge in [-0.15, -0.1) is 16.9 Å². The Bertz CT molecular complexity index is 980. The summed E-state index contributed by atoms with van der Waals surface area (Å²) in [4.78, 5) is 15.9. The standard InChI is InChI=1S/C22H23FN4OS/c1-16-6-8-18(9-7-16)29-19-10-12-26(13-11-19)22(28)21-15-27(25-24-21)14-17-4-2-3-5-20(17)23/h2-9,15,19H,10-14H2,1H3. The summed E-state index contributed by atoms with van der Waals surface area (Å²) in [5.41, 5.74) is 2.09. The number of amides is 1. The summed E-state index contributed by atoms with van der Waals surface area (Å²) in [5.74, 6) is -0.396. The number of aromatic nitrogens is 3. The highest BCUT2D eigenvalue weighted by Gasteiger charge is 2.26. The Labute approximate surface area is 173 Å². The van der Waals surface area contributed by atoms with Crippen LogP contribution in [-0.4, -0.2) is 44.1 Å². The number of piperidine rings is 1. The third-order valence-electron chi connectivity index (χ3n) is 5.10. The highest BCUT2D eigenvalue weighted by molar-refractivity contribution is 8.00. The number of benzene rings is 2. The van der Waals surface area contributed by atoms with Crippen LogP contribution in [0.2, 0.25) is 0 Å². The van der Waals surface area contributed by atoms with Crippen LogP contribution in [0.1, 0.15) is 34.5 Å². The Morgan fingerprint density at radius 3 is 2.59 bits per heavy atom. The van der Waals surface area contributed by atoms with E-state index in [9.17, 15) is 9.18 Å². The van der Waals surface area contributed by atoms with Gasteiger partial charge in [-0.25, -0.2) is 9.07 Å². The molecule has 1 amide bonds. The maximum Gasteiger partial charge on any atom is 0.276 e. The van der Waals surface area contributed by atoms with E-state index in [1.165, 1.54) is 21.2 Å². The maximum absolute atomic E-state index is 13.8. The first kappa shape index (κ1) is 19.6. The van der Waals surface area contributed by atoms with E-state index in [1.54, 1.807) is 24.4 Å². The molecule has 1 aliphatic rings. The van der Waals surface area contributed by atoms with Crippen LogP contribution < -0.4 is 0 Å². The lowest BCUT2D eigenvalue weighted by atomic mass is 10.1. The minimum Gasteiger partial charge on any atom is -0.337 e. The molecular formula is C22H23FN4OS. The van der Waals surface area contributed by atoms with E-state index in [4.69, 9.17) is 0 Å². The molecule has 0 atom stereocenters. The van der Waals surface area contributed by atoms with Gasteiger partial charge in [-0.3, -0.25) is 4.79 Å². The van der Waals surface area contributed by atoms with Crippen molar-refractivity contribution in [1.29, 1.82) is 0 Å². The predicted octanol–water partition coefficient (Wildman–Crippen LogP) is 4.17. The molecule has 3 aromatic rings. The van der Waals surface area contributed by atoms with Gasteiger partial charge in [-0.05, 0) is 38.0 Å². The van der Waals surface area contributed by atoms with Crippen LogP contribution in [0.3, 0.4) is 0 Å². The highest BCUT2D eigenvalue weighted by atomic mass is 32.2. The molecule has 7 heteroatoms. The van der Waals surface area contributed by atoms with E-state index >= 15 is 0 Å². The second-order valence-corrected chi connectivity index (χ2v) is 8.69. The van der Waals surface area contributed by atoms with Crippen molar-refractivity contribution in [3.63, 3.8) is 0 Å². The summed E-state index contributed by atoms with van der Waals surface area (Å²) in [6, 6.07) is 15.1. The van der Waals surface area contributed by atoms with Crippen molar-refractivity contribution < 1.29 is 9.18 Å². The summed E-state index contributed by atoms with van der Waals surface area (Å²) in [7, 11) is 0.